The Morgan fingerprint density at radius 1 is 0.976 bits per heavy atom. The number of rotatable bonds is 5. The van der Waals surface area contributed by atoms with E-state index in [9.17, 15) is 18.0 Å². The van der Waals surface area contributed by atoms with Gasteiger partial charge in [0.05, 0.1) is 35.2 Å². The fourth-order valence-electron chi connectivity index (χ4n) is 5.09. The summed E-state index contributed by atoms with van der Waals surface area (Å²) in [5.41, 5.74) is 3.09. The van der Waals surface area contributed by atoms with Gasteiger partial charge in [0.2, 0.25) is 0 Å². The van der Waals surface area contributed by atoms with Crippen LogP contribution in [0.4, 0.5) is 24.9 Å². The number of aromatic nitrogens is 2. The van der Waals surface area contributed by atoms with Crippen LogP contribution in [0.1, 0.15) is 29.2 Å². The van der Waals surface area contributed by atoms with E-state index in [0.29, 0.717) is 36.7 Å². The average Bonchev–Trinajstić information content (AvgIpc) is 3.38. The number of nitrogens with one attached hydrogen (secondary N) is 1. The van der Waals surface area contributed by atoms with Crippen LogP contribution < -0.4 is 10.2 Å². The monoisotopic (exact) mass is 561 g/mol. The molecule has 2 aliphatic rings. The van der Waals surface area contributed by atoms with E-state index < -0.39 is 17.9 Å². The average molecular weight is 562 g/mol. The Hall–Kier alpha value is -4.51. The van der Waals surface area contributed by atoms with Crippen molar-refractivity contribution in [1.82, 2.24) is 10.2 Å². The van der Waals surface area contributed by atoms with Crippen molar-refractivity contribution in [2.75, 3.05) is 29.9 Å². The smallest absolute Gasteiger partial charge is 0.403 e. The molecule has 0 amide bonds. The fraction of sp³-hybridized carbons (Fsp3) is 0.267. The second-order valence-corrected chi connectivity index (χ2v) is 9.96. The van der Waals surface area contributed by atoms with Gasteiger partial charge in [-0.2, -0.15) is 13.2 Å². The van der Waals surface area contributed by atoms with Gasteiger partial charge in [0, 0.05) is 30.6 Å². The first-order chi connectivity index (χ1) is 19.8. The van der Waals surface area contributed by atoms with Crippen LogP contribution in [0.2, 0.25) is 0 Å². The highest BCUT2D eigenvalue weighted by Gasteiger charge is 2.33. The Morgan fingerprint density at radius 3 is 2.54 bits per heavy atom. The third kappa shape index (κ3) is 5.58. The van der Waals surface area contributed by atoms with Crippen LogP contribution in [0, 0.1) is 0 Å². The lowest BCUT2D eigenvalue weighted by Crippen LogP contribution is -2.41. The van der Waals surface area contributed by atoms with E-state index in [1.54, 1.807) is 0 Å². The van der Waals surface area contributed by atoms with Crippen molar-refractivity contribution in [3.8, 4) is 11.5 Å². The molecule has 0 spiro atoms. The van der Waals surface area contributed by atoms with E-state index in [-0.39, 0.29) is 30.2 Å². The summed E-state index contributed by atoms with van der Waals surface area (Å²) < 4.78 is 52.2. The third-order valence-electron chi connectivity index (χ3n) is 7.07. The molecule has 11 heteroatoms. The molecule has 210 valence electrons. The Balaban J connectivity index is 1.34. The number of fused-ring (bicyclic) bond motifs is 1. The van der Waals surface area contributed by atoms with E-state index in [0.717, 1.165) is 28.8 Å². The van der Waals surface area contributed by atoms with Gasteiger partial charge in [-0.1, -0.05) is 59.7 Å². The highest BCUT2D eigenvalue weighted by atomic mass is 19.4. The highest BCUT2D eigenvalue weighted by Crippen LogP contribution is 2.38. The molecule has 8 nitrogen and oxygen atoms in total. The normalized spacial score (nSPS) is 19.4. The predicted molar refractivity (Wildman–Crippen MR) is 147 cm³/mol. The lowest BCUT2D eigenvalue weighted by molar-refractivity contribution is -0.137. The van der Waals surface area contributed by atoms with Gasteiger partial charge in [-0.15, -0.1) is 5.10 Å². The molecular weight excluding hydrogens is 535 g/mol. The molecule has 0 unspecified atom stereocenters. The Kier molecular flexibility index (Phi) is 7.04. The summed E-state index contributed by atoms with van der Waals surface area (Å²) in [5.74, 6) is -0.173. The van der Waals surface area contributed by atoms with Gasteiger partial charge in [-0.25, -0.2) is 0 Å². The number of hydrogen-bond acceptors (Lipinski definition) is 8. The maximum atomic E-state index is 13.6. The number of anilines is 2. The number of Topliss-reactive ketones (excluding diaryl/α,β-unsaturated/α-hetero) is 1. The zero-order chi connectivity index (χ0) is 28.6. The molecule has 1 saturated heterocycles. The van der Waals surface area contributed by atoms with Crippen molar-refractivity contribution >= 4 is 23.2 Å². The summed E-state index contributed by atoms with van der Waals surface area (Å²) >= 11 is 0. The molecule has 3 heterocycles. The first-order valence-electron chi connectivity index (χ1n) is 13.2. The number of benzene rings is 3. The van der Waals surface area contributed by atoms with Crippen molar-refractivity contribution in [2.45, 2.75) is 31.8 Å². The van der Waals surface area contributed by atoms with Crippen LogP contribution in [-0.4, -0.2) is 53.7 Å². The van der Waals surface area contributed by atoms with Gasteiger partial charge in [-0.3, -0.25) is 9.79 Å². The molecule has 41 heavy (non-hydrogen) atoms. The molecule has 0 aliphatic carbocycles. The SMILES string of the molecule is C[C@@H]1CN(c2cc(C(F)(F)F)ccc2-c2nnc(N[C@H]3N=C(c4ccccc4)c4ccccc4CC3=O)o2)CCO1. The van der Waals surface area contributed by atoms with Crippen LogP contribution in [0.5, 0.6) is 0 Å². The summed E-state index contributed by atoms with van der Waals surface area (Å²) in [7, 11) is 0. The first kappa shape index (κ1) is 26.7. The lowest BCUT2D eigenvalue weighted by atomic mass is 9.96. The van der Waals surface area contributed by atoms with Crippen molar-refractivity contribution < 1.29 is 27.1 Å². The number of morpholine rings is 1. The largest absolute Gasteiger partial charge is 0.416 e. The van der Waals surface area contributed by atoms with Gasteiger partial charge >= 0.3 is 12.2 Å². The molecular formula is C30H26F3N5O3. The summed E-state index contributed by atoms with van der Waals surface area (Å²) in [6, 6.07) is 20.5. The van der Waals surface area contributed by atoms with E-state index in [1.807, 2.05) is 66.4 Å². The molecule has 3 aromatic carbocycles. The zero-order valence-corrected chi connectivity index (χ0v) is 22.1. The van der Waals surface area contributed by atoms with E-state index in [1.165, 1.54) is 6.07 Å². The topological polar surface area (TPSA) is 92.9 Å². The van der Waals surface area contributed by atoms with Crippen LogP contribution in [0.25, 0.3) is 11.5 Å². The second-order valence-electron chi connectivity index (χ2n) is 9.96. The summed E-state index contributed by atoms with van der Waals surface area (Å²) in [4.78, 5) is 19.9. The molecule has 4 aromatic rings. The number of hydrogen-bond donors (Lipinski definition) is 1. The Bertz CT molecular complexity index is 1600. The first-order valence-corrected chi connectivity index (χ1v) is 13.2. The highest BCUT2D eigenvalue weighted by molar-refractivity contribution is 6.16. The summed E-state index contributed by atoms with van der Waals surface area (Å²) in [5, 5.41) is 11.1. The van der Waals surface area contributed by atoms with Crippen LogP contribution in [0.15, 0.2) is 82.2 Å². The molecule has 0 saturated carbocycles. The minimum absolute atomic E-state index is 0.0204. The quantitative estimate of drug-likeness (QED) is 0.350. The number of carbonyl (C=O) groups excluding carboxylic acids is 1. The molecule has 0 radical (unpaired) electrons. The van der Waals surface area contributed by atoms with Gasteiger partial charge in [0.1, 0.15) is 0 Å². The Labute approximate surface area is 233 Å². The summed E-state index contributed by atoms with van der Waals surface area (Å²) in [6.45, 7) is 3.05. The fourth-order valence-corrected chi connectivity index (χ4v) is 5.09. The number of alkyl halides is 3. The van der Waals surface area contributed by atoms with E-state index >= 15 is 0 Å². The van der Waals surface area contributed by atoms with E-state index in [4.69, 9.17) is 14.1 Å². The molecule has 0 bridgehead atoms. The van der Waals surface area contributed by atoms with Gasteiger partial charge in [0.15, 0.2) is 11.9 Å². The maximum absolute atomic E-state index is 13.6. The number of carbonyl (C=O) groups is 1. The molecule has 1 aromatic heterocycles. The van der Waals surface area contributed by atoms with Crippen molar-refractivity contribution in [3.05, 3.63) is 95.1 Å². The number of ether oxygens (including phenoxy) is 1. The van der Waals surface area contributed by atoms with E-state index in [2.05, 4.69) is 15.5 Å². The summed E-state index contributed by atoms with van der Waals surface area (Å²) in [6.07, 6.45) is -5.54. The second kappa shape index (κ2) is 10.8. The van der Waals surface area contributed by atoms with Crippen molar-refractivity contribution in [2.24, 2.45) is 4.99 Å². The standard InChI is InChI=1S/C30H26F3N5O3/c1-18-17-38(13-14-40-18)24-16-21(30(31,32)33)11-12-23(24)28-36-37-29(41-28)35-27-25(39)15-20-9-5-6-10-22(20)26(34-27)19-7-3-2-4-8-19/h2-12,16,18,27H,13-15,17H2,1H3,(H,35,37)/t18-,27-/m1/s1. The molecule has 2 atom stereocenters. The molecule has 6 rings (SSSR count). The minimum atomic E-state index is -4.52. The molecule has 2 aliphatic heterocycles. The van der Waals surface area contributed by atoms with Crippen LogP contribution in [-0.2, 0) is 22.1 Å². The number of ketones is 1. The lowest BCUT2D eigenvalue weighted by Gasteiger charge is -2.34. The van der Waals surface area contributed by atoms with Gasteiger partial charge in [-0.05, 0) is 30.7 Å². The number of nitrogens with zero attached hydrogens (tertiary/aromatic N) is 4. The Morgan fingerprint density at radius 2 is 1.76 bits per heavy atom. The molecule has 1 fully saturated rings. The molecule has 1 N–H and O–H groups in total. The van der Waals surface area contributed by atoms with Crippen LogP contribution in [0.3, 0.4) is 0 Å². The van der Waals surface area contributed by atoms with Gasteiger partial charge < -0.3 is 19.4 Å². The van der Waals surface area contributed by atoms with Gasteiger partial charge in [0.25, 0.3) is 5.89 Å². The predicted octanol–water partition coefficient (Wildman–Crippen LogP) is 5.38. The number of aliphatic imine (C=N–C) groups is 1. The number of halogens is 3. The van der Waals surface area contributed by atoms with Crippen molar-refractivity contribution in [1.29, 1.82) is 0 Å². The third-order valence-corrected chi connectivity index (χ3v) is 7.07. The zero-order valence-electron chi connectivity index (χ0n) is 22.1. The maximum Gasteiger partial charge on any atom is 0.416 e. The van der Waals surface area contributed by atoms with Crippen molar-refractivity contribution in [3.63, 3.8) is 0 Å². The minimum Gasteiger partial charge on any atom is -0.403 e. The van der Waals surface area contributed by atoms with Crippen LogP contribution >= 0.6 is 0 Å².